The Morgan fingerprint density at radius 3 is 2.96 bits per heavy atom. The lowest BCUT2D eigenvalue weighted by Crippen LogP contribution is -2.30. The van der Waals surface area contributed by atoms with Crippen molar-refractivity contribution in [1.29, 1.82) is 0 Å². The summed E-state index contributed by atoms with van der Waals surface area (Å²) in [6.07, 6.45) is 3.66. The second kappa shape index (κ2) is 5.44. The third-order valence-corrected chi connectivity index (χ3v) is 5.00. The summed E-state index contributed by atoms with van der Waals surface area (Å²) in [7, 11) is 3.75. The van der Waals surface area contributed by atoms with Gasteiger partial charge >= 0.3 is 0 Å². The van der Waals surface area contributed by atoms with Gasteiger partial charge in [-0.25, -0.2) is 4.98 Å². The zero-order valence-corrected chi connectivity index (χ0v) is 14.2. The van der Waals surface area contributed by atoms with Gasteiger partial charge in [0.25, 0.3) is 5.91 Å². The summed E-state index contributed by atoms with van der Waals surface area (Å²) in [6, 6.07) is 10.4. The maximum Gasteiger partial charge on any atom is 0.255 e. The summed E-state index contributed by atoms with van der Waals surface area (Å²) in [5.41, 5.74) is 4.92. The maximum absolute atomic E-state index is 13.0. The summed E-state index contributed by atoms with van der Waals surface area (Å²) < 4.78 is 1.75. The molecule has 0 spiro atoms. The molecule has 0 radical (unpaired) electrons. The van der Waals surface area contributed by atoms with Crippen molar-refractivity contribution in [1.82, 2.24) is 19.7 Å². The standard InChI is InChI=1S/C19H20N4O/c1-12-16-10-14(11-20-18(16)23(3)21-12)19(24)22(2)17-9-8-13-6-4-5-7-15(13)17/h4-7,10-11,17H,8-9H2,1-3H3/t17-/m1/s1. The molecule has 4 rings (SSSR count). The Kier molecular flexibility index (Phi) is 3.37. The maximum atomic E-state index is 13.0. The van der Waals surface area contributed by atoms with Gasteiger partial charge in [0.2, 0.25) is 0 Å². The summed E-state index contributed by atoms with van der Waals surface area (Å²) >= 11 is 0. The van der Waals surface area contributed by atoms with E-state index in [1.54, 1.807) is 10.9 Å². The van der Waals surface area contributed by atoms with E-state index in [9.17, 15) is 4.79 Å². The van der Waals surface area contributed by atoms with Crippen molar-refractivity contribution < 1.29 is 4.79 Å². The average Bonchev–Trinajstić information content (AvgIpc) is 3.15. The van der Waals surface area contributed by atoms with Crippen molar-refractivity contribution in [2.24, 2.45) is 7.05 Å². The molecule has 5 nitrogen and oxygen atoms in total. The van der Waals surface area contributed by atoms with Crippen molar-refractivity contribution in [3.63, 3.8) is 0 Å². The van der Waals surface area contributed by atoms with Gasteiger partial charge in [-0.15, -0.1) is 0 Å². The predicted octanol–water partition coefficient (Wildman–Crippen LogP) is 3.04. The lowest BCUT2D eigenvalue weighted by Gasteiger charge is -2.25. The predicted molar refractivity (Wildman–Crippen MR) is 92.8 cm³/mol. The summed E-state index contributed by atoms with van der Waals surface area (Å²) in [4.78, 5) is 19.2. The highest BCUT2D eigenvalue weighted by Crippen LogP contribution is 2.35. The second-order valence-electron chi connectivity index (χ2n) is 6.47. The van der Waals surface area contributed by atoms with E-state index in [1.165, 1.54) is 11.1 Å². The molecular formula is C19H20N4O. The van der Waals surface area contributed by atoms with Crippen LogP contribution in [0.25, 0.3) is 11.0 Å². The van der Waals surface area contributed by atoms with E-state index < -0.39 is 0 Å². The minimum absolute atomic E-state index is 0.00866. The molecule has 0 N–H and O–H groups in total. The molecule has 122 valence electrons. The molecule has 0 bridgehead atoms. The quantitative estimate of drug-likeness (QED) is 0.729. The number of aromatic nitrogens is 3. The molecule has 1 aliphatic rings. The molecule has 2 heterocycles. The number of benzene rings is 1. The number of carbonyl (C=O) groups excluding carboxylic acids is 1. The van der Waals surface area contributed by atoms with Crippen molar-refractivity contribution in [2.75, 3.05) is 7.05 Å². The van der Waals surface area contributed by atoms with Gasteiger partial charge < -0.3 is 4.90 Å². The van der Waals surface area contributed by atoms with Crippen LogP contribution in [0.1, 0.15) is 39.6 Å². The molecule has 24 heavy (non-hydrogen) atoms. The van der Waals surface area contributed by atoms with Crippen LogP contribution in [0.5, 0.6) is 0 Å². The Morgan fingerprint density at radius 1 is 1.33 bits per heavy atom. The fourth-order valence-corrected chi connectivity index (χ4v) is 3.71. The number of hydrogen-bond acceptors (Lipinski definition) is 3. The number of pyridine rings is 1. The van der Waals surface area contributed by atoms with Crippen LogP contribution in [0.2, 0.25) is 0 Å². The van der Waals surface area contributed by atoms with Crippen LogP contribution in [0.15, 0.2) is 36.5 Å². The van der Waals surface area contributed by atoms with E-state index in [1.807, 2.05) is 38.1 Å². The van der Waals surface area contributed by atoms with Gasteiger partial charge in [0, 0.05) is 25.7 Å². The molecule has 2 aromatic heterocycles. The van der Waals surface area contributed by atoms with Crippen LogP contribution in [0.4, 0.5) is 0 Å². The lowest BCUT2D eigenvalue weighted by atomic mass is 10.1. The first-order chi connectivity index (χ1) is 11.6. The molecule has 5 heteroatoms. The first-order valence-corrected chi connectivity index (χ1v) is 8.20. The normalized spacial score (nSPS) is 16.4. The van der Waals surface area contributed by atoms with Crippen LogP contribution < -0.4 is 0 Å². The highest BCUT2D eigenvalue weighted by Gasteiger charge is 2.29. The summed E-state index contributed by atoms with van der Waals surface area (Å²) in [5.74, 6) is 0.00866. The van der Waals surface area contributed by atoms with Gasteiger partial charge in [-0.2, -0.15) is 5.10 Å². The van der Waals surface area contributed by atoms with Gasteiger partial charge in [0.05, 0.1) is 17.3 Å². The minimum atomic E-state index is 0.00866. The topological polar surface area (TPSA) is 51.0 Å². The van der Waals surface area contributed by atoms with Gasteiger partial charge in [-0.3, -0.25) is 9.48 Å². The van der Waals surface area contributed by atoms with E-state index in [0.717, 1.165) is 29.6 Å². The fourth-order valence-electron chi connectivity index (χ4n) is 3.71. The molecule has 3 aromatic rings. The van der Waals surface area contributed by atoms with Gasteiger partial charge in [0.15, 0.2) is 5.65 Å². The molecule has 0 aliphatic heterocycles. The number of amides is 1. The number of aryl methyl sites for hydroxylation is 3. The molecule has 1 atom stereocenters. The lowest BCUT2D eigenvalue weighted by molar-refractivity contribution is 0.0730. The third kappa shape index (κ3) is 2.19. The van der Waals surface area contributed by atoms with Gasteiger partial charge in [-0.05, 0) is 37.0 Å². The van der Waals surface area contributed by atoms with Crippen LogP contribution in [-0.2, 0) is 13.5 Å². The molecule has 0 saturated heterocycles. The Bertz CT molecular complexity index is 944. The highest BCUT2D eigenvalue weighted by atomic mass is 16.2. The Hall–Kier alpha value is -2.69. The van der Waals surface area contributed by atoms with Crippen molar-refractivity contribution in [2.45, 2.75) is 25.8 Å². The zero-order valence-electron chi connectivity index (χ0n) is 14.2. The van der Waals surface area contributed by atoms with Crippen molar-refractivity contribution in [3.8, 4) is 0 Å². The first-order valence-electron chi connectivity index (χ1n) is 8.20. The summed E-state index contributed by atoms with van der Waals surface area (Å²) in [5, 5.41) is 5.31. The zero-order chi connectivity index (χ0) is 16.8. The van der Waals surface area contributed by atoms with E-state index >= 15 is 0 Å². The molecule has 1 aromatic carbocycles. The monoisotopic (exact) mass is 320 g/mol. The number of hydrogen-bond donors (Lipinski definition) is 0. The summed E-state index contributed by atoms with van der Waals surface area (Å²) in [6.45, 7) is 1.94. The third-order valence-electron chi connectivity index (χ3n) is 5.00. The van der Waals surface area contributed by atoms with Crippen LogP contribution in [-0.4, -0.2) is 32.6 Å². The molecule has 0 saturated carbocycles. The Labute approximate surface area is 140 Å². The molecule has 1 amide bonds. The molecule has 1 aliphatic carbocycles. The second-order valence-corrected chi connectivity index (χ2v) is 6.47. The van der Waals surface area contributed by atoms with Crippen molar-refractivity contribution >= 4 is 16.9 Å². The van der Waals surface area contributed by atoms with Gasteiger partial charge in [-0.1, -0.05) is 24.3 Å². The van der Waals surface area contributed by atoms with E-state index in [4.69, 9.17) is 0 Å². The van der Waals surface area contributed by atoms with Crippen LogP contribution in [0, 0.1) is 6.92 Å². The fraction of sp³-hybridized carbons (Fsp3) is 0.316. The van der Waals surface area contributed by atoms with E-state index in [-0.39, 0.29) is 11.9 Å². The van der Waals surface area contributed by atoms with Crippen molar-refractivity contribution in [3.05, 3.63) is 58.9 Å². The number of fused-ring (bicyclic) bond motifs is 2. The molecular weight excluding hydrogens is 300 g/mol. The van der Waals surface area contributed by atoms with E-state index in [2.05, 4.69) is 28.3 Å². The molecule has 0 fully saturated rings. The smallest absolute Gasteiger partial charge is 0.255 e. The first kappa shape index (κ1) is 14.9. The minimum Gasteiger partial charge on any atom is -0.335 e. The Balaban J connectivity index is 1.68. The highest BCUT2D eigenvalue weighted by molar-refractivity contribution is 5.97. The van der Waals surface area contributed by atoms with Crippen LogP contribution >= 0.6 is 0 Å². The van der Waals surface area contributed by atoms with Crippen LogP contribution in [0.3, 0.4) is 0 Å². The number of nitrogens with zero attached hydrogens (tertiary/aromatic N) is 4. The number of rotatable bonds is 2. The van der Waals surface area contributed by atoms with Gasteiger partial charge in [0.1, 0.15) is 0 Å². The SMILES string of the molecule is Cc1nn(C)c2ncc(C(=O)N(C)[C@@H]3CCc4ccccc43)cc12. The average molecular weight is 320 g/mol. The molecule has 0 unspecified atom stereocenters. The number of carbonyl (C=O) groups is 1. The Morgan fingerprint density at radius 2 is 2.12 bits per heavy atom. The largest absolute Gasteiger partial charge is 0.335 e. The van der Waals surface area contributed by atoms with E-state index in [0.29, 0.717) is 5.56 Å².